The Kier molecular flexibility index (Phi) is 8.46. The first-order valence-corrected chi connectivity index (χ1v) is 6.85. The van der Waals surface area contributed by atoms with E-state index in [0.29, 0.717) is 5.25 Å². The highest BCUT2D eigenvalue weighted by Crippen LogP contribution is 2.15. The molecule has 1 unspecified atom stereocenters. The number of hydrogen-bond acceptors (Lipinski definition) is 2. The average Bonchev–Trinajstić information content (AvgIpc) is 2.12. The van der Waals surface area contributed by atoms with Gasteiger partial charge in [-0.1, -0.05) is 37.3 Å². The Hall–Kier alpha value is -0.0800. The van der Waals surface area contributed by atoms with Gasteiger partial charge in [0.05, 0.1) is 0 Å². The van der Waals surface area contributed by atoms with Gasteiger partial charge in [-0.15, -0.1) is 11.8 Å². The molecule has 0 saturated heterocycles. The topological polar surface area (TPSA) is 0 Å². The first kappa shape index (κ1) is 12.9. The molecule has 13 heavy (non-hydrogen) atoms. The highest BCUT2D eigenvalue weighted by Gasteiger charge is 1.98. The summed E-state index contributed by atoms with van der Waals surface area (Å²) in [7, 11) is 0. The zero-order chi connectivity index (χ0) is 10.1. The predicted molar refractivity (Wildman–Crippen MR) is 68.5 cm³/mol. The van der Waals surface area contributed by atoms with Crippen LogP contribution < -0.4 is 0 Å². The van der Waals surface area contributed by atoms with Crippen LogP contribution in [-0.4, -0.2) is 17.8 Å². The van der Waals surface area contributed by atoms with Gasteiger partial charge in [0.1, 0.15) is 0 Å². The lowest BCUT2D eigenvalue weighted by Crippen LogP contribution is -1.94. The van der Waals surface area contributed by atoms with Crippen molar-refractivity contribution in [2.75, 3.05) is 12.5 Å². The van der Waals surface area contributed by atoms with Crippen LogP contribution in [0.4, 0.5) is 0 Å². The van der Waals surface area contributed by atoms with Crippen molar-refractivity contribution in [2.24, 2.45) is 0 Å². The molecular weight excluding hydrogens is 196 g/mol. The maximum atomic E-state index is 4.00. The Bertz CT molecular complexity index is 192. The molecule has 0 fully saturated rings. The van der Waals surface area contributed by atoms with E-state index in [1.54, 1.807) is 11.8 Å². The van der Waals surface area contributed by atoms with E-state index in [-0.39, 0.29) is 0 Å². The second-order valence-electron chi connectivity index (χ2n) is 2.83. The smallest absolute Gasteiger partial charge is 0.00561 e. The van der Waals surface area contributed by atoms with Crippen molar-refractivity contribution in [3.05, 3.63) is 35.8 Å². The highest BCUT2D eigenvalue weighted by molar-refractivity contribution is 8.01. The first-order valence-electron chi connectivity index (χ1n) is 4.27. The maximum absolute atomic E-state index is 4.00. The van der Waals surface area contributed by atoms with Crippen LogP contribution in [0.2, 0.25) is 0 Å². The third kappa shape index (κ3) is 8.26. The van der Waals surface area contributed by atoms with Crippen molar-refractivity contribution < 1.29 is 0 Å². The molecule has 0 aliphatic rings. The molecule has 74 valence electrons. The Morgan fingerprint density at radius 1 is 1.38 bits per heavy atom. The number of allylic oxidation sites excluding steroid dienone is 4. The summed E-state index contributed by atoms with van der Waals surface area (Å²) in [5.74, 6) is 0. The Balaban J connectivity index is 3.73. The number of hydrogen-bond donors (Lipinski definition) is 0. The minimum atomic E-state index is 0.668. The van der Waals surface area contributed by atoms with Crippen molar-refractivity contribution in [1.29, 1.82) is 0 Å². The van der Waals surface area contributed by atoms with Crippen LogP contribution in [0.3, 0.4) is 0 Å². The van der Waals surface area contributed by atoms with E-state index in [1.165, 1.54) is 5.57 Å². The highest BCUT2D eigenvalue weighted by atomic mass is 32.2. The first-order chi connectivity index (χ1) is 6.20. The van der Waals surface area contributed by atoms with Gasteiger partial charge < -0.3 is 0 Å². The lowest BCUT2D eigenvalue weighted by Gasteiger charge is -2.06. The SMILES string of the molecule is C=C(/C=C\C=C/SC)CC(C)SC. The molecule has 0 bridgehead atoms. The van der Waals surface area contributed by atoms with E-state index in [2.05, 4.69) is 37.5 Å². The van der Waals surface area contributed by atoms with Gasteiger partial charge in [0.25, 0.3) is 0 Å². The summed E-state index contributed by atoms with van der Waals surface area (Å²) in [6, 6.07) is 0. The Morgan fingerprint density at radius 2 is 2.08 bits per heavy atom. The van der Waals surface area contributed by atoms with Crippen LogP contribution in [0.15, 0.2) is 35.8 Å². The molecule has 0 heterocycles. The molecule has 0 saturated carbocycles. The average molecular weight is 214 g/mol. The second kappa shape index (κ2) is 8.52. The van der Waals surface area contributed by atoms with Crippen molar-refractivity contribution in [1.82, 2.24) is 0 Å². The number of rotatable bonds is 6. The predicted octanol–water partition coefficient (Wildman–Crippen LogP) is 4.12. The fourth-order valence-corrected chi connectivity index (χ4v) is 1.46. The van der Waals surface area contributed by atoms with Crippen LogP contribution in [0, 0.1) is 0 Å². The summed E-state index contributed by atoms with van der Waals surface area (Å²) < 4.78 is 0. The summed E-state index contributed by atoms with van der Waals surface area (Å²) >= 11 is 3.59. The summed E-state index contributed by atoms with van der Waals surface area (Å²) in [5.41, 5.74) is 1.20. The standard InChI is InChI=1S/C11H18S2/c1-10(9-11(2)13-4)7-5-6-8-12-3/h5-8,11H,1,9H2,2-4H3/b7-5-,8-6-. The molecular formula is C11H18S2. The minimum absolute atomic E-state index is 0.668. The van der Waals surface area contributed by atoms with E-state index in [0.717, 1.165) is 6.42 Å². The normalized spacial score (nSPS) is 14.1. The molecule has 0 rings (SSSR count). The fourth-order valence-electron chi connectivity index (χ4n) is 0.836. The van der Waals surface area contributed by atoms with Crippen molar-refractivity contribution in [3.8, 4) is 0 Å². The van der Waals surface area contributed by atoms with Crippen LogP contribution in [0.25, 0.3) is 0 Å². The number of thioether (sulfide) groups is 2. The molecule has 0 aromatic carbocycles. The van der Waals surface area contributed by atoms with E-state index in [9.17, 15) is 0 Å². The molecule has 0 aliphatic carbocycles. The molecule has 0 aromatic heterocycles. The molecule has 0 N–H and O–H groups in total. The van der Waals surface area contributed by atoms with Gasteiger partial charge in [-0.25, -0.2) is 0 Å². The van der Waals surface area contributed by atoms with Gasteiger partial charge >= 0.3 is 0 Å². The van der Waals surface area contributed by atoms with Crippen molar-refractivity contribution in [3.63, 3.8) is 0 Å². The monoisotopic (exact) mass is 214 g/mol. The van der Waals surface area contributed by atoms with E-state index >= 15 is 0 Å². The van der Waals surface area contributed by atoms with Gasteiger partial charge in [-0.05, 0) is 24.3 Å². The third-order valence-electron chi connectivity index (χ3n) is 1.61. The van der Waals surface area contributed by atoms with Crippen LogP contribution in [0.1, 0.15) is 13.3 Å². The maximum Gasteiger partial charge on any atom is 0.00561 e. The zero-order valence-corrected chi connectivity index (χ0v) is 10.3. The summed E-state index contributed by atoms with van der Waals surface area (Å²) in [4.78, 5) is 0. The van der Waals surface area contributed by atoms with Crippen LogP contribution in [0.5, 0.6) is 0 Å². The Morgan fingerprint density at radius 3 is 2.62 bits per heavy atom. The van der Waals surface area contributed by atoms with Gasteiger partial charge in [-0.3, -0.25) is 0 Å². The third-order valence-corrected chi connectivity index (χ3v) is 3.01. The van der Waals surface area contributed by atoms with Gasteiger partial charge in [0.15, 0.2) is 0 Å². The molecule has 0 spiro atoms. The zero-order valence-electron chi connectivity index (χ0n) is 8.62. The van der Waals surface area contributed by atoms with E-state index in [1.807, 2.05) is 23.9 Å². The van der Waals surface area contributed by atoms with Gasteiger partial charge in [0, 0.05) is 5.25 Å². The molecule has 0 aromatic rings. The Labute approximate surface area is 90.6 Å². The van der Waals surface area contributed by atoms with E-state index < -0.39 is 0 Å². The van der Waals surface area contributed by atoms with Crippen LogP contribution in [-0.2, 0) is 0 Å². The van der Waals surface area contributed by atoms with Crippen LogP contribution >= 0.6 is 23.5 Å². The molecule has 2 heteroatoms. The summed E-state index contributed by atoms with van der Waals surface area (Å²) in [6.45, 7) is 6.22. The quantitative estimate of drug-likeness (QED) is 0.610. The van der Waals surface area contributed by atoms with Crippen molar-refractivity contribution in [2.45, 2.75) is 18.6 Å². The van der Waals surface area contributed by atoms with Gasteiger partial charge in [0.2, 0.25) is 0 Å². The summed E-state index contributed by atoms with van der Waals surface area (Å²) in [6.07, 6.45) is 11.4. The molecule has 0 amide bonds. The van der Waals surface area contributed by atoms with Crippen molar-refractivity contribution >= 4 is 23.5 Å². The fraction of sp³-hybridized carbons (Fsp3) is 0.455. The summed E-state index contributed by atoms with van der Waals surface area (Å²) in [5, 5.41) is 2.73. The lowest BCUT2D eigenvalue weighted by atomic mass is 10.1. The van der Waals surface area contributed by atoms with E-state index in [4.69, 9.17) is 0 Å². The lowest BCUT2D eigenvalue weighted by molar-refractivity contribution is 0.954. The largest absolute Gasteiger partial charge is 0.162 e. The second-order valence-corrected chi connectivity index (χ2v) is 4.85. The molecule has 0 radical (unpaired) electrons. The molecule has 1 atom stereocenters. The molecule has 0 aliphatic heterocycles. The molecule has 0 nitrogen and oxygen atoms in total. The minimum Gasteiger partial charge on any atom is -0.162 e. The van der Waals surface area contributed by atoms with Gasteiger partial charge in [-0.2, -0.15) is 11.8 Å².